The number of ether oxygens (including phenoxy) is 3. The molecule has 0 aromatic rings. The van der Waals surface area contributed by atoms with Crippen LogP contribution in [0.5, 0.6) is 0 Å². The van der Waals surface area contributed by atoms with E-state index >= 15 is 0 Å². The zero-order valence-corrected chi connectivity index (χ0v) is 13.8. The average Bonchev–Trinajstić information content (AvgIpc) is 2.57. The van der Waals surface area contributed by atoms with Crippen LogP contribution in [0.4, 0.5) is 0 Å². The fourth-order valence-electron chi connectivity index (χ4n) is 2.72. The smallest absolute Gasteiger partial charge is 0.186 e. The molecule has 142 valence electrons. The van der Waals surface area contributed by atoms with Crippen molar-refractivity contribution in [1.82, 2.24) is 0 Å². The third-order valence-electron chi connectivity index (χ3n) is 4.19. The largest absolute Gasteiger partial charge is 0.394 e. The Morgan fingerprint density at radius 3 is 2.08 bits per heavy atom. The summed E-state index contributed by atoms with van der Waals surface area (Å²) in [6, 6.07) is 0. The average molecular weight is 372 g/mol. The molecule has 24 heavy (non-hydrogen) atoms. The highest BCUT2D eigenvalue weighted by Crippen LogP contribution is 2.32. The summed E-state index contributed by atoms with van der Waals surface area (Å²) in [5, 5.41) is 67.4. The highest BCUT2D eigenvalue weighted by molar-refractivity contribution is 8.00. The standard InChI is InChI=1S/C13H24O10S/c1-21-13-9(18)8(17)6(15)5(23-13)3-24-11-7(16)4(2-14)22-12(20)10(11)19/h4-20H,2-3H2,1H3/t4-,5-,6-,7-,8+,9+,10-,11+,12?,13+/m1/s1. The molecule has 0 aromatic carbocycles. The van der Waals surface area contributed by atoms with Crippen molar-refractivity contribution < 1.29 is 50.0 Å². The molecule has 0 saturated carbocycles. The molecule has 7 N–H and O–H groups in total. The minimum Gasteiger partial charge on any atom is -0.394 e. The maximum Gasteiger partial charge on any atom is 0.186 e. The lowest BCUT2D eigenvalue weighted by atomic mass is 10.00. The van der Waals surface area contributed by atoms with Crippen LogP contribution in [-0.4, -0.2) is 116 Å². The van der Waals surface area contributed by atoms with E-state index < -0.39 is 67.2 Å². The zero-order chi connectivity index (χ0) is 18.0. The van der Waals surface area contributed by atoms with E-state index in [1.165, 1.54) is 7.11 Å². The molecule has 2 heterocycles. The normalized spacial score (nSPS) is 50.0. The predicted octanol–water partition coefficient (Wildman–Crippen LogP) is -4.03. The monoisotopic (exact) mass is 372 g/mol. The van der Waals surface area contributed by atoms with Crippen molar-refractivity contribution in [3.63, 3.8) is 0 Å². The Morgan fingerprint density at radius 2 is 1.50 bits per heavy atom. The molecular formula is C13H24O10S. The van der Waals surface area contributed by atoms with Gasteiger partial charge < -0.3 is 50.0 Å². The summed E-state index contributed by atoms with van der Waals surface area (Å²) >= 11 is 0.978. The molecule has 1 unspecified atom stereocenters. The van der Waals surface area contributed by atoms with Gasteiger partial charge in [0.05, 0.1) is 24.1 Å². The maximum absolute atomic E-state index is 10.1. The molecule has 10 nitrogen and oxygen atoms in total. The Morgan fingerprint density at radius 1 is 0.833 bits per heavy atom. The van der Waals surface area contributed by atoms with Gasteiger partial charge in [-0.1, -0.05) is 0 Å². The maximum atomic E-state index is 10.1. The summed E-state index contributed by atoms with van der Waals surface area (Å²) in [5.41, 5.74) is 0. The number of rotatable bonds is 5. The van der Waals surface area contributed by atoms with Gasteiger partial charge >= 0.3 is 0 Å². The molecule has 11 heteroatoms. The highest BCUT2D eigenvalue weighted by atomic mass is 32.2. The van der Waals surface area contributed by atoms with Crippen molar-refractivity contribution in [2.75, 3.05) is 19.5 Å². The molecule has 0 radical (unpaired) electrons. The van der Waals surface area contributed by atoms with E-state index in [9.17, 15) is 30.6 Å². The van der Waals surface area contributed by atoms with Gasteiger partial charge in [-0.25, -0.2) is 0 Å². The minimum atomic E-state index is -1.57. The third-order valence-corrected chi connectivity index (χ3v) is 5.66. The molecular weight excluding hydrogens is 348 g/mol. The molecule has 0 aromatic heterocycles. The zero-order valence-electron chi connectivity index (χ0n) is 13.0. The number of aliphatic hydroxyl groups excluding tert-OH is 7. The van der Waals surface area contributed by atoms with Crippen molar-refractivity contribution in [3.8, 4) is 0 Å². The van der Waals surface area contributed by atoms with Gasteiger partial charge in [0, 0.05) is 12.9 Å². The van der Waals surface area contributed by atoms with Crippen LogP contribution < -0.4 is 0 Å². The number of methoxy groups -OCH3 is 1. The molecule has 2 saturated heterocycles. The summed E-state index contributed by atoms with van der Waals surface area (Å²) in [4.78, 5) is 0. The first kappa shape index (κ1) is 20.3. The van der Waals surface area contributed by atoms with Crippen molar-refractivity contribution >= 4 is 11.8 Å². The molecule has 0 spiro atoms. The first-order valence-corrected chi connectivity index (χ1v) is 8.51. The molecule has 0 bridgehead atoms. The number of hydrogen-bond acceptors (Lipinski definition) is 11. The Kier molecular flexibility index (Phi) is 7.22. The van der Waals surface area contributed by atoms with E-state index in [-0.39, 0.29) is 5.75 Å². The van der Waals surface area contributed by atoms with E-state index in [2.05, 4.69) is 0 Å². The Balaban J connectivity index is 2.00. The summed E-state index contributed by atoms with van der Waals surface area (Å²) in [6.07, 6.45) is -11.7. The van der Waals surface area contributed by atoms with E-state index in [1.54, 1.807) is 0 Å². The van der Waals surface area contributed by atoms with Crippen molar-refractivity contribution in [1.29, 1.82) is 0 Å². The van der Waals surface area contributed by atoms with Gasteiger partial charge in [0.25, 0.3) is 0 Å². The van der Waals surface area contributed by atoms with Gasteiger partial charge in [-0.05, 0) is 0 Å². The lowest BCUT2D eigenvalue weighted by molar-refractivity contribution is -0.285. The van der Waals surface area contributed by atoms with Gasteiger partial charge in [0.2, 0.25) is 0 Å². The first-order valence-electron chi connectivity index (χ1n) is 7.46. The van der Waals surface area contributed by atoms with E-state index in [0.717, 1.165) is 11.8 Å². The second-order valence-corrected chi connectivity index (χ2v) is 6.99. The van der Waals surface area contributed by atoms with E-state index in [4.69, 9.17) is 19.3 Å². The summed E-state index contributed by atoms with van der Waals surface area (Å²) in [5.74, 6) is 0.0223. The Hall–Kier alpha value is -0.0500. The van der Waals surface area contributed by atoms with Gasteiger partial charge in [-0.15, -0.1) is 0 Å². The molecule has 10 atom stereocenters. The van der Waals surface area contributed by atoms with Crippen LogP contribution in [0.2, 0.25) is 0 Å². The number of aliphatic hydroxyl groups is 7. The number of hydrogen-bond donors (Lipinski definition) is 7. The number of thioether (sulfide) groups is 1. The summed E-state index contributed by atoms with van der Waals surface area (Å²) in [7, 11) is 1.27. The summed E-state index contributed by atoms with van der Waals surface area (Å²) < 4.78 is 15.1. The topological polar surface area (TPSA) is 169 Å². The predicted molar refractivity (Wildman–Crippen MR) is 79.9 cm³/mol. The van der Waals surface area contributed by atoms with Gasteiger partial charge in [0.15, 0.2) is 12.6 Å². The van der Waals surface area contributed by atoms with Crippen LogP contribution in [0.25, 0.3) is 0 Å². The van der Waals surface area contributed by atoms with Crippen LogP contribution in [0.1, 0.15) is 0 Å². The third kappa shape index (κ3) is 4.02. The van der Waals surface area contributed by atoms with E-state index in [0.29, 0.717) is 0 Å². The van der Waals surface area contributed by atoms with Crippen molar-refractivity contribution in [3.05, 3.63) is 0 Å². The van der Waals surface area contributed by atoms with Crippen LogP contribution in [0, 0.1) is 0 Å². The highest BCUT2D eigenvalue weighted by Gasteiger charge is 2.47. The van der Waals surface area contributed by atoms with Crippen molar-refractivity contribution in [2.24, 2.45) is 0 Å². The molecule has 2 fully saturated rings. The van der Waals surface area contributed by atoms with Crippen LogP contribution in [0.3, 0.4) is 0 Å². The quantitative estimate of drug-likeness (QED) is 0.251. The molecule has 0 aliphatic carbocycles. The fourth-order valence-corrected chi connectivity index (χ4v) is 4.11. The second-order valence-electron chi connectivity index (χ2n) is 5.78. The Bertz CT molecular complexity index is 399. The molecule has 0 amide bonds. The van der Waals surface area contributed by atoms with Gasteiger partial charge in [0.1, 0.15) is 30.5 Å². The molecule has 2 aliphatic rings. The molecule has 2 rings (SSSR count). The second kappa shape index (κ2) is 8.56. The summed E-state index contributed by atoms with van der Waals surface area (Å²) in [6.45, 7) is -0.540. The fraction of sp³-hybridized carbons (Fsp3) is 1.00. The lowest BCUT2D eigenvalue weighted by Gasteiger charge is -2.42. The van der Waals surface area contributed by atoms with Crippen LogP contribution >= 0.6 is 11.8 Å². The Labute approximate surface area is 142 Å². The SMILES string of the molecule is CO[C@H]1O[C@H](CS[C@H]2[C@H](O)[C@@H](CO)OC(O)[C@@H]2O)[C@@H](O)[C@H](O)[C@@H]1O. The van der Waals surface area contributed by atoms with Crippen molar-refractivity contribution in [2.45, 2.75) is 60.6 Å². The van der Waals surface area contributed by atoms with E-state index in [1.807, 2.05) is 0 Å². The van der Waals surface area contributed by atoms with Gasteiger partial charge in [-0.3, -0.25) is 0 Å². The van der Waals surface area contributed by atoms with Crippen LogP contribution in [0.15, 0.2) is 0 Å². The lowest BCUT2D eigenvalue weighted by Crippen LogP contribution is -2.60. The minimum absolute atomic E-state index is 0.0223. The van der Waals surface area contributed by atoms with Crippen LogP contribution in [-0.2, 0) is 14.2 Å². The first-order chi connectivity index (χ1) is 11.3. The molecule has 2 aliphatic heterocycles. The van der Waals surface area contributed by atoms with Gasteiger partial charge in [-0.2, -0.15) is 11.8 Å².